The topological polar surface area (TPSA) is 71.2 Å². The Bertz CT molecular complexity index is 407. The lowest BCUT2D eigenvalue weighted by Gasteiger charge is -2.30. The van der Waals surface area contributed by atoms with Crippen molar-refractivity contribution in [2.75, 3.05) is 18.5 Å². The Hall–Kier alpha value is -1.62. The number of nitrogens with two attached hydrogens (primary N) is 1. The van der Waals surface area contributed by atoms with E-state index in [0.29, 0.717) is 17.4 Å². The van der Waals surface area contributed by atoms with E-state index in [1.807, 2.05) is 4.90 Å². The number of hydrogen-bond donors (Lipinski definition) is 2. The average molecular weight is 234 g/mol. The van der Waals surface area contributed by atoms with Gasteiger partial charge >= 0.3 is 0 Å². The molecule has 3 N–H and O–H groups in total. The van der Waals surface area contributed by atoms with Gasteiger partial charge in [-0.1, -0.05) is 13.0 Å². The molecule has 0 aromatic carbocycles. The summed E-state index contributed by atoms with van der Waals surface area (Å²) in [5, 5.41) is 0. The Balaban J connectivity index is 2.12. The molecular weight excluding hydrogens is 216 g/mol. The highest BCUT2D eigenvalue weighted by Crippen LogP contribution is 2.17. The number of nitrogen functional groups attached to an aromatic ring is 1. The minimum atomic E-state index is -0.00588. The van der Waals surface area contributed by atoms with Crippen LogP contribution in [0.15, 0.2) is 18.2 Å². The standard InChI is InChI=1S/C12H18N4O/c1-9-4-3-7-16(8-9)12(17)10-5-2-6-11(14-10)15-13/h2,5-6,9H,3-4,7-8,13H2,1H3,(H,14,15). The normalized spacial score (nSPS) is 20.1. The van der Waals surface area contributed by atoms with Crippen LogP contribution in [0.25, 0.3) is 0 Å². The third-order valence-corrected chi connectivity index (χ3v) is 3.06. The number of hydrogen-bond acceptors (Lipinski definition) is 4. The maximum absolute atomic E-state index is 12.2. The van der Waals surface area contributed by atoms with Gasteiger partial charge in [0, 0.05) is 13.1 Å². The Kier molecular flexibility index (Phi) is 3.58. The van der Waals surface area contributed by atoms with Gasteiger partial charge in [0.25, 0.3) is 5.91 Å². The molecule has 92 valence electrons. The number of nitrogens with zero attached hydrogens (tertiary/aromatic N) is 2. The van der Waals surface area contributed by atoms with E-state index in [2.05, 4.69) is 17.3 Å². The number of nitrogens with one attached hydrogen (secondary N) is 1. The number of amides is 1. The molecule has 1 unspecified atom stereocenters. The summed E-state index contributed by atoms with van der Waals surface area (Å²) in [6, 6.07) is 5.24. The van der Waals surface area contributed by atoms with Crippen LogP contribution in [-0.4, -0.2) is 28.9 Å². The van der Waals surface area contributed by atoms with Crippen molar-refractivity contribution in [3.63, 3.8) is 0 Å². The van der Waals surface area contributed by atoms with Crippen LogP contribution in [-0.2, 0) is 0 Å². The number of hydrazine groups is 1. The number of anilines is 1. The second-order valence-corrected chi connectivity index (χ2v) is 4.55. The monoisotopic (exact) mass is 234 g/mol. The van der Waals surface area contributed by atoms with E-state index in [9.17, 15) is 4.79 Å². The molecule has 2 heterocycles. The average Bonchev–Trinajstić information content (AvgIpc) is 2.38. The van der Waals surface area contributed by atoms with Gasteiger partial charge in [0.1, 0.15) is 11.5 Å². The van der Waals surface area contributed by atoms with E-state index in [0.717, 1.165) is 19.5 Å². The van der Waals surface area contributed by atoms with E-state index in [-0.39, 0.29) is 5.91 Å². The molecule has 5 nitrogen and oxygen atoms in total. The fourth-order valence-corrected chi connectivity index (χ4v) is 2.17. The minimum absolute atomic E-state index is 0.00588. The van der Waals surface area contributed by atoms with E-state index in [1.54, 1.807) is 18.2 Å². The molecule has 0 spiro atoms. The van der Waals surface area contributed by atoms with E-state index in [1.165, 1.54) is 6.42 Å². The summed E-state index contributed by atoms with van der Waals surface area (Å²) in [4.78, 5) is 18.2. The van der Waals surface area contributed by atoms with Crippen LogP contribution in [0.2, 0.25) is 0 Å². The molecule has 1 aromatic heterocycles. The zero-order valence-electron chi connectivity index (χ0n) is 10.0. The van der Waals surface area contributed by atoms with Crippen molar-refractivity contribution in [2.45, 2.75) is 19.8 Å². The molecule has 1 saturated heterocycles. The first-order valence-corrected chi connectivity index (χ1v) is 5.93. The summed E-state index contributed by atoms with van der Waals surface area (Å²) in [5.74, 6) is 6.36. The van der Waals surface area contributed by atoms with Gasteiger partial charge in [0.2, 0.25) is 0 Å². The SMILES string of the molecule is CC1CCCN(C(=O)c2cccc(NN)n2)C1. The van der Waals surface area contributed by atoms with Gasteiger partial charge in [0.15, 0.2) is 0 Å². The molecule has 1 aliphatic rings. The summed E-state index contributed by atoms with van der Waals surface area (Å²) < 4.78 is 0. The first-order chi connectivity index (χ1) is 8.20. The highest BCUT2D eigenvalue weighted by molar-refractivity contribution is 5.92. The van der Waals surface area contributed by atoms with Crippen LogP contribution in [0.3, 0.4) is 0 Å². The van der Waals surface area contributed by atoms with Crippen molar-refractivity contribution in [3.8, 4) is 0 Å². The van der Waals surface area contributed by atoms with Crippen molar-refractivity contribution < 1.29 is 4.79 Å². The third kappa shape index (κ3) is 2.74. The summed E-state index contributed by atoms with van der Waals surface area (Å²) >= 11 is 0. The zero-order valence-corrected chi connectivity index (χ0v) is 10.0. The van der Waals surface area contributed by atoms with Crippen molar-refractivity contribution in [1.29, 1.82) is 0 Å². The van der Waals surface area contributed by atoms with Crippen LogP contribution >= 0.6 is 0 Å². The second kappa shape index (κ2) is 5.14. The summed E-state index contributed by atoms with van der Waals surface area (Å²) in [6.45, 7) is 3.82. The smallest absolute Gasteiger partial charge is 0.272 e. The first-order valence-electron chi connectivity index (χ1n) is 5.93. The number of carbonyl (C=O) groups is 1. The number of carbonyl (C=O) groups excluding carboxylic acids is 1. The van der Waals surface area contributed by atoms with Gasteiger partial charge in [-0.25, -0.2) is 10.8 Å². The molecule has 1 fully saturated rings. The molecule has 1 atom stereocenters. The molecule has 1 aromatic rings. The van der Waals surface area contributed by atoms with Crippen LogP contribution in [0.1, 0.15) is 30.3 Å². The van der Waals surface area contributed by atoms with Gasteiger partial charge in [-0.3, -0.25) is 4.79 Å². The van der Waals surface area contributed by atoms with Crippen LogP contribution in [0, 0.1) is 5.92 Å². The quantitative estimate of drug-likeness (QED) is 0.596. The van der Waals surface area contributed by atoms with Gasteiger partial charge in [-0.15, -0.1) is 0 Å². The lowest BCUT2D eigenvalue weighted by Crippen LogP contribution is -2.39. The predicted octanol–water partition coefficient (Wildman–Crippen LogP) is 1.24. The maximum atomic E-state index is 12.2. The summed E-state index contributed by atoms with van der Waals surface area (Å²) in [6.07, 6.45) is 2.27. The molecule has 0 bridgehead atoms. The van der Waals surface area contributed by atoms with Crippen molar-refractivity contribution in [3.05, 3.63) is 23.9 Å². The number of pyridine rings is 1. The van der Waals surface area contributed by atoms with E-state index >= 15 is 0 Å². The van der Waals surface area contributed by atoms with Gasteiger partial charge < -0.3 is 10.3 Å². The number of likely N-dealkylation sites (tertiary alicyclic amines) is 1. The Morgan fingerprint density at radius 2 is 2.41 bits per heavy atom. The number of rotatable bonds is 2. The van der Waals surface area contributed by atoms with Gasteiger partial charge in [0.05, 0.1) is 0 Å². The zero-order chi connectivity index (χ0) is 12.3. The molecular formula is C12H18N4O. The molecule has 5 heteroatoms. The first kappa shape index (κ1) is 11.9. The van der Waals surface area contributed by atoms with Crippen LogP contribution in [0.5, 0.6) is 0 Å². The third-order valence-electron chi connectivity index (χ3n) is 3.06. The van der Waals surface area contributed by atoms with Crippen molar-refractivity contribution >= 4 is 11.7 Å². The maximum Gasteiger partial charge on any atom is 0.272 e. The van der Waals surface area contributed by atoms with Crippen molar-refractivity contribution in [2.24, 2.45) is 11.8 Å². The Labute approximate surface area is 101 Å². The van der Waals surface area contributed by atoms with Crippen molar-refractivity contribution in [1.82, 2.24) is 9.88 Å². The summed E-state index contributed by atoms with van der Waals surface area (Å²) in [7, 11) is 0. The highest BCUT2D eigenvalue weighted by atomic mass is 16.2. The Morgan fingerprint density at radius 3 is 3.12 bits per heavy atom. The molecule has 1 amide bonds. The highest BCUT2D eigenvalue weighted by Gasteiger charge is 2.22. The fraction of sp³-hybridized carbons (Fsp3) is 0.500. The largest absolute Gasteiger partial charge is 0.337 e. The van der Waals surface area contributed by atoms with Crippen LogP contribution in [0.4, 0.5) is 5.82 Å². The lowest BCUT2D eigenvalue weighted by molar-refractivity contribution is 0.0677. The minimum Gasteiger partial charge on any atom is -0.337 e. The van der Waals surface area contributed by atoms with Gasteiger partial charge in [-0.2, -0.15) is 0 Å². The molecule has 0 radical (unpaired) electrons. The summed E-state index contributed by atoms with van der Waals surface area (Å²) in [5.41, 5.74) is 2.91. The Morgan fingerprint density at radius 1 is 1.59 bits per heavy atom. The molecule has 17 heavy (non-hydrogen) atoms. The lowest BCUT2D eigenvalue weighted by atomic mass is 10.00. The fourth-order valence-electron chi connectivity index (χ4n) is 2.17. The second-order valence-electron chi connectivity index (χ2n) is 4.55. The number of aromatic nitrogens is 1. The predicted molar refractivity (Wildman–Crippen MR) is 66.3 cm³/mol. The van der Waals surface area contributed by atoms with E-state index < -0.39 is 0 Å². The van der Waals surface area contributed by atoms with E-state index in [4.69, 9.17) is 5.84 Å². The molecule has 2 rings (SSSR count). The van der Waals surface area contributed by atoms with Crippen LogP contribution < -0.4 is 11.3 Å². The number of piperidine rings is 1. The molecule has 1 aliphatic heterocycles. The molecule has 0 saturated carbocycles. The molecule has 0 aliphatic carbocycles. The van der Waals surface area contributed by atoms with Gasteiger partial charge in [-0.05, 0) is 30.9 Å².